The fraction of sp³-hybridized carbons (Fsp3) is 0.481. The van der Waals surface area contributed by atoms with Gasteiger partial charge in [-0.1, -0.05) is 30.3 Å². The van der Waals surface area contributed by atoms with E-state index in [1.54, 1.807) is 0 Å². The summed E-state index contributed by atoms with van der Waals surface area (Å²) in [6, 6.07) is 10.8. The molecule has 8 nitrogen and oxygen atoms in total. The Kier molecular flexibility index (Phi) is 10.3. The molecule has 7 N–H and O–H groups in total. The smallest absolute Gasteiger partial charge is 0.416 e. The number of carbonyl (C=O) groups is 1. The van der Waals surface area contributed by atoms with Crippen molar-refractivity contribution in [1.82, 2.24) is 5.32 Å². The quantitative estimate of drug-likeness (QED) is 0.293. The molecule has 0 radical (unpaired) electrons. The molecule has 0 saturated carbocycles. The summed E-state index contributed by atoms with van der Waals surface area (Å²) in [6.45, 7) is 3.72. The van der Waals surface area contributed by atoms with Crippen molar-refractivity contribution in [2.75, 3.05) is 39.8 Å². The molecule has 0 aliphatic carbocycles. The minimum absolute atomic E-state index is 0.194. The van der Waals surface area contributed by atoms with Crippen molar-refractivity contribution in [2.45, 2.75) is 44.1 Å². The summed E-state index contributed by atoms with van der Waals surface area (Å²) in [5.74, 6) is -0.0850. The van der Waals surface area contributed by atoms with Gasteiger partial charge < -0.3 is 31.7 Å². The Morgan fingerprint density at radius 1 is 1.08 bits per heavy atom. The molecule has 38 heavy (non-hydrogen) atoms. The molecular formula is C27H38F3N6O2+. The average molecular weight is 536 g/mol. The summed E-state index contributed by atoms with van der Waals surface area (Å²) >= 11 is 0. The van der Waals surface area contributed by atoms with Crippen LogP contribution >= 0.6 is 0 Å². The van der Waals surface area contributed by atoms with Crippen LogP contribution in [0.4, 0.5) is 18.9 Å². The van der Waals surface area contributed by atoms with Crippen molar-refractivity contribution in [3.63, 3.8) is 0 Å². The first kappa shape index (κ1) is 29.6. The van der Waals surface area contributed by atoms with E-state index >= 15 is 0 Å². The normalized spacial score (nSPS) is 15.2. The highest BCUT2D eigenvalue weighted by atomic mass is 19.4. The molecule has 0 saturated heterocycles. The van der Waals surface area contributed by atoms with Crippen LogP contribution < -0.4 is 22.5 Å². The largest absolute Gasteiger partial charge is 0.474 e. The SMILES string of the molecule is C[N+](CCN)(CCN)CCCC(N)C(=O)N[C@H](Cc1ccc(C(F)(F)F)cc1)C1=Nc2ccccc2CO1. The van der Waals surface area contributed by atoms with Gasteiger partial charge >= 0.3 is 6.18 Å². The standard InChI is InChI=1S/C27H37F3N6O2/c1-36(15-12-31,16-13-32)14-4-6-22(33)25(37)34-24(17-19-8-10-21(11-9-19)27(28,29)30)26-35-23-7-3-2-5-20(23)18-38-26/h2-3,5,7-11,22,24H,4,6,12-18,31-33H2,1H3/p+1/t22?,24-/m1/s1. The van der Waals surface area contributed by atoms with Gasteiger partial charge in [0.05, 0.1) is 44.0 Å². The van der Waals surface area contributed by atoms with Crippen LogP contribution in [-0.4, -0.2) is 68.1 Å². The van der Waals surface area contributed by atoms with E-state index in [4.69, 9.17) is 21.9 Å². The van der Waals surface area contributed by atoms with Gasteiger partial charge in [0.1, 0.15) is 12.6 Å². The van der Waals surface area contributed by atoms with Crippen molar-refractivity contribution >= 4 is 17.5 Å². The van der Waals surface area contributed by atoms with Crippen LogP contribution in [0.1, 0.15) is 29.5 Å². The number of nitrogens with two attached hydrogens (primary N) is 3. The fourth-order valence-corrected chi connectivity index (χ4v) is 4.55. The Balaban J connectivity index is 1.72. The lowest BCUT2D eigenvalue weighted by molar-refractivity contribution is -0.907. The Morgan fingerprint density at radius 2 is 1.74 bits per heavy atom. The number of quaternary nitrogens is 1. The molecule has 1 unspecified atom stereocenters. The van der Waals surface area contributed by atoms with Crippen molar-refractivity contribution in [3.8, 4) is 0 Å². The zero-order valence-corrected chi connectivity index (χ0v) is 21.7. The topological polar surface area (TPSA) is 129 Å². The second-order valence-corrected chi connectivity index (χ2v) is 9.94. The number of rotatable bonds is 13. The number of para-hydroxylation sites is 1. The lowest BCUT2D eigenvalue weighted by atomic mass is 10.0. The highest BCUT2D eigenvalue weighted by Gasteiger charge is 2.31. The minimum Gasteiger partial charge on any atom is -0.474 e. The predicted molar refractivity (Wildman–Crippen MR) is 142 cm³/mol. The van der Waals surface area contributed by atoms with Crippen LogP contribution in [-0.2, 0) is 28.7 Å². The van der Waals surface area contributed by atoms with Crippen LogP contribution in [0.2, 0.25) is 0 Å². The summed E-state index contributed by atoms with van der Waals surface area (Å²) in [5, 5.41) is 2.92. The molecule has 0 spiro atoms. The molecule has 0 aromatic heterocycles. The highest BCUT2D eigenvalue weighted by Crippen LogP contribution is 2.30. The number of likely N-dealkylation sites (N-methyl/N-ethyl adjacent to an activating group) is 1. The minimum atomic E-state index is -4.43. The number of alkyl halides is 3. The number of hydrogen-bond acceptors (Lipinski definition) is 6. The summed E-state index contributed by atoms with van der Waals surface area (Å²) in [6.07, 6.45) is -3.07. The van der Waals surface area contributed by atoms with Gasteiger partial charge in [-0.05, 0) is 36.6 Å². The second kappa shape index (κ2) is 13.2. The van der Waals surface area contributed by atoms with Crippen LogP contribution in [0.15, 0.2) is 53.5 Å². The number of carbonyl (C=O) groups excluding carboxylic acids is 1. The third kappa shape index (κ3) is 8.26. The number of hydrogen-bond donors (Lipinski definition) is 4. The maximum Gasteiger partial charge on any atom is 0.416 e. The molecule has 2 aromatic carbocycles. The van der Waals surface area contributed by atoms with E-state index in [-0.39, 0.29) is 18.9 Å². The Morgan fingerprint density at radius 3 is 2.37 bits per heavy atom. The van der Waals surface area contributed by atoms with Crippen molar-refractivity contribution < 1.29 is 27.2 Å². The molecule has 2 atom stereocenters. The first-order valence-electron chi connectivity index (χ1n) is 12.8. The molecule has 0 fully saturated rings. The monoisotopic (exact) mass is 535 g/mol. The van der Waals surface area contributed by atoms with Crippen LogP contribution in [0, 0.1) is 0 Å². The molecule has 11 heteroatoms. The molecule has 1 aliphatic rings. The van der Waals surface area contributed by atoms with E-state index in [0.29, 0.717) is 41.9 Å². The Hall–Kier alpha value is -2.99. The van der Waals surface area contributed by atoms with Crippen molar-refractivity contribution in [2.24, 2.45) is 22.2 Å². The highest BCUT2D eigenvalue weighted by molar-refractivity contribution is 5.92. The molecule has 2 aromatic rings. The molecule has 208 valence electrons. The third-order valence-electron chi connectivity index (χ3n) is 6.82. The third-order valence-corrected chi connectivity index (χ3v) is 6.82. The number of aliphatic imine (C=N–C) groups is 1. The lowest BCUT2D eigenvalue weighted by Gasteiger charge is -2.34. The van der Waals surface area contributed by atoms with E-state index in [1.165, 1.54) is 12.1 Å². The van der Waals surface area contributed by atoms with Gasteiger partial charge in [0, 0.05) is 25.1 Å². The van der Waals surface area contributed by atoms with Gasteiger partial charge in [-0.2, -0.15) is 13.2 Å². The summed E-state index contributed by atoms with van der Waals surface area (Å²) in [5.41, 5.74) is 19.2. The number of nitrogens with zero attached hydrogens (tertiary/aromatic N) is 2. The van der Waals surface area contributed by atoms with E-state index in [9.17, 15) is 18.0 Å². The molecule has 3 rings (SSSR count). The molecular weight excluding hydrogens is 497 g/mol. The van der Waals surface area contributed by atoms with Gasteiger partial charge in [0.25, 0.3) is 0 Å². The van der Waals surface area contributed by atoms with Gasteiger partial charge in [-0.25, -0.2) is 4.99 Å². The number of ether oxygens (including phenoxy) is 1. The van der Waals surface area contributed by atoms with E-state index in [1.807, 2.05) is 24.3 Å². The van der Waals surface area contributed by atoms with Gasteiger partial charge in [0.15, 0.2) is 0 Å². The number of fused-ring (bicyclic) bond motifs is 1. The zero-order chi connectivity index (χ0) is 27.8. The van der Waals surface area contributed by atoms with Crippen LogP contribution in [0.25, 0.3) is 0 Å². The number of nitrogens with one attached hydrogen (secondary N) is 1. The van der Waals surface area contributed by atoms with E-state index < -0.39 is 23.8 Å². The van der Waals surface area contributed by atoms with E-state index in [0.717, 1.165) is 43.0 Å². The maximum absolute atomic E-state index is 13.1. The fourth-order valence-electron chi connectivity index (χ4n) is 4.55. The zero-order valence-electron chi connectivity index (χ0n) is 21.7. The molecule has 0 bridgehead atoms. The first-order valence-corrected chi connectivity index (χ1v) is 12.8. The summed E-state index contributed by atoms with van der Waals surface area (Å²) in [7, 11) is 2.09. The molecule has 1 aliphatic heterocycles. The first-order chi connectivity index (χ1) is 18.0. The molecule has 1 amide bonds. The Bertz CT molecular complexity index is 1080. The van der Waals surface area contributed by atoms with Crippen molar-refractivity contribution in [3.05, 3.63) is 65.2 Å². The molecule has 1 heterocycles. The van der Waals surface area contributed by atoms with Crippen LogP contribution in [0.5, 0.6) is 0 Å². The number of amides is 1. The lowest BCUT2D eigenvalue weighted by Crippen LogP contribution is -2.52. The number of benzene rings is 2. The maximum atomic E-state index is 13.1. The summed E-state index contributed by atoms with van der Waals surface area (Å²) < 4.78 is 45.6. The van der Waals surface area contributed by atoms with Gasteiger partial charge in [-0.15, -0.1) is 0 Å². The van der Waals surface area contributed by atoms with Gasteiger partial charge in [-0.3, -0.25) is 4.79 Å². The second-order valence-electron chi connectivity index (χ2n) is 9.94. The van der Waals surface area contributed by atoms with Gasteiger partial charge in [0.2, 0.25) is 11.8 Å². The summed E-state index contributed by atoms with van der Waals surface area (Å²) in [4.78, 5) is 17.7. The van der Waals surface area contributed by atoms with E-state index in [2.05, 4.69) is 17.4 Å². The predicted octanol–water partition coefficient (Wildman–Crippen LogP) is 2.46. The Labute approximate surface area is 221 Å². The van der Waals surface area contributed by atoms with Crippen LogP contribution in [0.3, 0.4) is 0 Å². The van der Waals surface area contributed by atoms with Crippen molar-refractivity contribution in [1.29, 1.82) is 0 Å². The average Bonchev–Trinajstić information content (AvgIpc) is 2.88. The number of halogens is 3.